The van der Waals surface area contributed by atoms with Crippen molar-refractivity contribution in [3.05, 3.63) is 41.5 Å². The van der Waals surface area contributed by atoms with Crippen molar-refractivity contribution >= 4 is 6.29 Å². The van der Waals surface area contributed by atoms with Gasteiger partial charge in [0.05, 0.1) is 19.3 Å². The van der Waals surface area contributed by atoms with E-state index in [-0.39, 0.29) is 13.1 Å². The number of fused-ring (bicyclic) bond motifs is 1. The van der Waals surface area contributed by atoms with Crippen LogP contribution in [-0.2, 0) is 15.9 Å². The third kappa shape index (κ3) is 3.70. The van der Waals surface area contributed by atoms with Gasteiger partial charge < -0.3 is 23.7 Å². The number of ether oxygens (including phenoxy) is 5. The lowest BCUT2D eigenvalue weighted by atomic mass is 9.93. The molecule has 0 aliphatic carbocycles. The van der Waals surface area contributed by atoms with Crippen LogP contribution in [0.15, 0.2) is 30.3 Å². The minimum Gasteiger partial charge on any atom is -0.492 e. The minimum absolute atomic E-state index is 0.114. The largest absolute Gasteiger partial charge is 0.492 e. The second kappa shape index (κ2) is 8.63. The van der Waals surface area contributed by atoms with Crippen molar-refractivity contribution < 1.29 is 28.5 Å². The Bertz CT molecular complexity index is 841. The third-order valence-electron chi connectivity index (χ3n) is 5.10. The molecule has 4 rings (SSSR count). The van der Waals surface area contributed by atoms with Gasteiger partial charge in [-0.05, 0) is 42.9 Å². The van der Waals surface area contributed by atoms with Gasteiger partial charge in [0.2, 0.25) is 12.5 Å². The lowest BCUT2D eigenvalue weighted by Gasteiger charge is -2.23. The van der Waals surface area contributed by atoms with E-state index < -0.39 is 0 Å². The highest BCUT2D eigenvalue weighted by Crippen LogP contribution is 2.47. The lowest BCUT2D eigenvalue weighted by molar-refractivity contribution is -0.161. The summed E-state index contributed by atoms with van der Waals surface area (Å²) in [5, 5.41) is 0. The molecule has 1 fully saturated rings. The zero-order chi connectivity index (χ0) is 19.3. The standard InChI is InChI=1S/C22H24O6/c1-24-21-18(13-23)17(12-19-22(21)28-14-27-19)16-7-3-2-6-15(16)9-11-26-20-8-4-5-10-25-20/h2-3,6-7,12-13,20H,4-5,8-11,14H2,1H3. The van der Waals surface area contributed by atoms with Gasteiger partial charge in [0.15, 0.2) is 24.1 Å². The van der Waals surface area contributed by atoms with E-state index in [2.05, 4.69) is 0 Å². The molecule has 0 amide bonds. The van der Waals surface area contributed by atoms with Gasteiger partial charge in [0, 0.05) is 12.2 Å². The van der Waals surface area contributed by atoms with Crippen LogP contribution in [-0.4, -0.2) is 39.7 Å². The number of carbonyl (C=O) groups excluding carboxylic acids is 1. The first-order valence-electron chi connectivity index (χ1n) is 9.59. The first-order chi connectivity index (χ1) is 13.8. The summed E-state index contributed by atoms with van der Waals surface area (Å²) < 4.78 is 28.0. The lowest BCUT2D eigenvalue weighted by Crippen LogP contribution is -2.23. The number of carbonyl (C=O) groups is 1. The molecule has 0 radical (unpaired) electrons. The molecule has 0 bridgehead atoms. The monoisotopic (exact) mass is 384 g/mol. The normalized spacial score (nSPS) is 18.1. The zero-order valence-electron chi connectivity index (χ0n) is 15.9. The van der Waals surface area contributed by atoms with Gasteiger partial charge >= 0.3 is 0 Å². The van der Waals surface area contributed by atoms with Crippen LogP contribution in [0.25, 0.3) is 11.1 Å². The number of methoxy groups -OCH3 is 1. The fraction of sp³-hybridized carbons (Fsp3) is 0.409. The van der Waals surface area contributed by atoms with E-state index >= 15 is 0 Å². The molecule has 2 aromatic rings. The van der Waals surface area contributed by atoms with Gasteiger partial charge in [-0.2, -0.15) is 0 Å². The molecule has 0 saturated carbocycles. The molecule has 148 valence electrons. The second-order valence-electron chi connectivity index (χ2n) is 6.80. The molecule has 1 saturated heterocycles. The van der Waals surface area contributed by atoms with Crippen molar-refractivity contribution in [2.24, 2.45) is 0 Å². The summed E-state index contributed by atoms with van der Waals surface area (Å²) in [6.45, 7) is 1.44. The molecule has 0 N–H and O–H groups in total. The summed E-state index contributed by atoms with van der Waals surface area (Å²) in [7, 11) is 1.53. The summed E-state index contributed by atoms with van der Waals surface area (Å²) in [4.78, 5) is 11.9. The van der Waals surface area contributed by atoms with Crippen molar-refractivity contribution in [1.29, 1.82) is 0 Å². The number of benzene rings is 2. The quantitative estimate of drug-likeness (QED) is 0.673. The van der Waals surface area contributed by atoms with Crippen molar-refractivity contribution in [3.63, 3.8) is 0 Å². The molecule has 2 heterocycles. The van der Waals surface area contributed by atoms with Crippen LogP contribution in [0.2, 0.25) is 0 Å². The van der Waals surface area contributed by atoms with Crippen molar-refractivity contribution in [1.82, 2.24) is 0 Å². The number of hydrogen-bond donors (Lipinski definition) is 0. The molecule has 2 aliphatic heterocycles. The fourth-order valence-electron chi connectivity index (χ4n) is 3.71. The van der Waals surface area contributed by atoms with E-state index in [1.807, 2.05) is 30.3 Å². The number of aldehydes is 1. The molecule has 1 unspecified atom stereocenters. The van der Waals surface area contributed by atoms with Crippen LogP contribution in [0.4, 0.5) is 0 Å². The molecule has 0 spiro atoms. The van der Waals surface area contributed by atoms with Gasteiger partial charge in [-0.3, -0.25) is 4.79 Å². The van der Waals surface area contributed by atoms with Crippen LogP contribution in [0.5, 0.6) is 17.2 Å². The number of rotatable bonds is 7. The summed E-state index contributed by atoms with van der Waals surface area (Å²) >= 11 is 0. The van der Waals surface area contributed by atoms with E-state index in [1.54, 1.807) is 0 Å². The van der Waals surface area contributed by atoms with Gasteiger partial charge in [-0.25, -0.2) is 0 Å². The maximum absolute atomic E-state index is 11.9. The van der Waals surface area contributed by atoms with E-state index in [1.165, 1.54) is 7.11 Å². The van der Waals surface area contributed by atoms with E-state index in [4.69, 9.17) is 23.7 Å². The Balaban J connectivity index is 1.62. The molecular weight excluding hydrogens is 360 g/mol. The summed E-state index contributed by atoms with van der Waals surface area (Å²) in [5.74, 6) is 1.46. The molecule has 6 nitrogen and oxygen atoms in total. The molecule has 28 heavy (non-hydrogen) atoms. The Hall–Kier alpha value is -2.57. The van der Waals surface area contributed by atoms with Crippen LogP contribution in [0, 0.1) is 0 Å². The predicted octanol–water partition coefficient (Wildman–Crippen LogP) is 3.99. The van der Waals surface area contributed by atoms with E-state index in [9.17, 15) is 4.79 Å². The van der Waals surface area contributed by atoms with E-state index in [0.29, 0.717) is 35.8 Å². The Labute approximate surface area is 164 Å². The van der Waals surface area contributed by atoms with Crippen molar-refractivity contribution in [2.75, 3.05) is 27.1 Å². The van der Waals surface area contributed by atoms with Crippen molar-refractivity contribution in [3.8, 4) is 28.4 Å². The Morgan fingerprint density at radius 2 is 2.07 bits per heavy atom. The van der Waals surface area contributed by atoms with E-state index in [0.717, 1.165) is 48.8 Å². The maximum Gasteiger partial charge on any atom is 0.231 e. The predicted molar refractivity (Wildman–Crippen MR) is 103 cm³/mol. The first kappa shape index (κ1) is 18.8. The van der Waals surface area contributed by atoms with Crippen LogP contribution >= 0.6 is 0 Å². The Kier molecular flexibility index (Phi) is 5.78. The summed E-state index contributed by atoms with van der Waals surface area (Å²) in [6, 6.07) is 9.83. The van der Waals surface area contributed by atoms with Crippen LogP contribution in [0.1, 0.15) is 35.2 Å². The average Bonchev–Trinajstić information content (AvgIpc) is 3.22. The molecule has 2 aromatic carbocycles. The van der Waals surface area contributed by atoms with Gasteiger partial charge in [0.25, 0.3) is 0 Å². The Morgan fingerprint density at radius 1 is 1.18 bits per heavy atom. The average molecular weight is 384 g/mol. The minimum atomic E-state index is -0.114. The molecule has 0 aromatic heterocycles. The maximum atomic E-state index is 11.9. The topological polar surface area (TPSA) is 63.2 Å². The summed E-state index contributed by atoms with van der Waals surface area (Å²) in [5.41, 5.74) is 3.26. The molecule has 1 atom stereocenters. The second-order valence-corrected chi connectivity index (χ2v) is 6.80. The molecule has 2 aliphatic rings. The first-order valence-corrected chi connectivity index (χ1v) is 9.59. The smallest absolute Gasteiger partial charge is 0.231 e. The highest BCUT2D eigenvalue weighted by atomic mass is 16.7. The van der Waals surface area contributed by atoms with Crippen LogP contribution < -0.4 is 14.2 Å². The SMILES string of the molecule is COc1c(C=O)c(-c2ccccc2CCOC2CCCCO2)cc2c1OCO2. The highest BCUT2D eigenvalue weighted by molar-refractivity contribution is 5.94. The van der Waals surface area contributed by atoms with Gasteiger partial charge in [-0.1, -0.05) is 24.3 Å². The summed E-state index contributed by atoms with van der Waals surface area (Å²) in [6.07, 6.45) is 4.59. The Morgan fingerprint density at radius 3 is 2.86 bits per heavy atom. The van der Waals surface area contributed by atoms with Crippen LogP contribution in [0.3, 0.4) is 0 Å². The van der Waals surface area contributed by atoms with Gasteiger partial charge in [0.1, 0.15) is 0 Å². The van der Waals surface area contributed by atoms with Gasteiger partial charge in [-0.15, -0.1) is 0 Å². The third-order valence-corrected chi connectivity index (χ3v) is 5.10. The number of hydrogen-bond acceptors (Lipinski definition) is 6. The van der Waals surface area contributed by atoms with Crippen molar-refractivity contribution in [2.45, 2.75) is 32.0 Å². The fourth-order valence-corrected chi connectivity index (χ4v) is 3.71. The zero-order valence-corrected chi connectivity index (χ0v) is 15.9. The highest BCUT2D eigenvalue weighted by Gasteiger charge is 2.26. The molecular formula is C22H24O6. The molecule has 6 heteroatoms.